The number of likely N-dealkylation sites (N-methyl/N-ethyl adjacent to an activating group) is 1. The lowest BCUT2D eigenvalue weighted by Crippen LogP contribution is -2.51. The molecule has 0 fully saturated rings. The molecule has 0 radical (unpaired) electrons. The largest absolute Gasteiger partial charge is 0.355 e. The van der Waals surface area contributed by atoms with Crippen molar-refractivity contribution >= 4 is 50.7 Å². The average Bonchev–Trinajstić information content (AvgIpc) is 2.88. The quantitative estimate of drug-likeness (QED) is 0.375. The Kier molecular flexibility index (Phi) is 9.59. The van der Waals surface area contributed by atoms with Gasteiger partial charge in [0.05, 0.1) is 20.6 Å². The number of carbonyl (C=O) groups is 2. The van der Waals surface area contributed by atoms with E-state index >= 15 is 0 Å². The lowest BCUT2D eigenvalue weighted by molar-refractivity contribution is -0.139. The molecule has 0 saturated heterocycles. The molecule has 3 rings (SSSR count). The molecule has 2 amide bonds. The highest BCUT2D eigenvalue weighted by atomic mass is 35.5. The Balaban J connectivity index is 2.04. The number of anilines is 1. The predicted octanol–water partition coefficient (Wildman–Crippen LogP) is 5.05. The van der Waals surface area contributed by atoms with Gasteiger partial charge in [-0.1, -0.05) is 65.7 Å². The van der Waals surface area contributed by atoms with Crippen molar-refractivity contribution < 1.29 is 18.0 Å². The molecule has 0 aliphatic rings. The molecule has 3 aromatic carbocycles. The van der Waals surface area contributed by atoms with Crippen molar-refractivity contribution in [2.24, 2.45) is 0 Å². The van der Waals surface area contributed by atoms with Crippen LogP contribution in [0.2, 0.25) is 10.0 Å². The molecule has 3 aromatic rings. The standard InChI is InChI=1S/C27H29Cl2N3O4S/c1-4-30-27(34)20(3)31(17-21-14-15-23(28)24(29)16-21)26(33)18-32(25-13-9-8-10-19(25)2)37(35,36)22-11-6-5-7-12-22/h5-16,20H,4,17-18H2,1-3H3,(H,30,34)/t20-/m0/s1. The monoisotopic (exact) mass is 561 g/mol. The number of hydrogen-bond acceptors (Lipinski definition) is 4. The first-order valence-electron chi connectivity index (χ1n) is 11.7. The van der Waals surface area contributed by atoms with Crippen LogP contribution in [0.3, 0.4) is 0 Å². The van der Waals surface area contributed by atoms with E-state index in [4.69, 9.17) is 23.2 Å². The minimum Gasteiger partial charge on any atom is -0.355 e. The molecule has 1 N–H and O–H groups in total. The van der Waals surface area contributed by atoms with E-state index in [1.807, 2.05) is 0 Å². The summed E-state index contributed by atoms with van der Waals surface area (Å²) in [5.74, 6) is -0.906. The normalized spacial score (nSPS) is 12.0. The second kappa shape index (κ2) is 12.4. The Labute approximate surface area is 228 Å². The van der Waals surface area contributed by atoms with Crippen molar-refractivity contribution in [2.45, 2.75) is 38.3 Å². The van der Waals surface area contributed by atoms with Gasteiger partial charge in [0.2, 0.25) is 11.8 Å². The number of hydrogen-bond donors (Lipinski definition) is 1. The van der Waals surface area contributed by atoms with Crippen LogP contribution in [0, 0.1) is 6.92 Å². The molecule has 0 spiro atoms. The Morgan fingerprint density at radius 1 is 0.946 bits per heavy atom. The third-order valence-electron chi connectivity index (χ3n) is 5.85. The van der Waals surface area contributed by atoms with Crippen LogP contribution in [0.1, 0.15) is 25.0 Å². The third-order valence-corrected chi connectivity index (χ3v) is 8.36. The van der Waals surface area contributed by atoms with E-state index in [0.717, 1.165) is 4.31 Å². The maximum atomic E-state index is 13.8. The van der Waals surface area contributed by atoms with Crippen molar-refractivity contribution in [3.8, 4) is 0 Å². The van der Waals surface area contributed by atoms with E-state index in [2.05, 4.69) is 5.32 Å². The van der Waals surface area contributed by atoms with Crippen LogP contribution >= 0.6 is 23.2 Å². The Morgan fingerprint density at radius 2 is 1.59 bits per heavy atom. The number of nitrogens with zero attached hydrogens (tertiary/aromatic N) is 2. The van der Waals surface area contributed by atoms with Crippen molar-refractivity contribution in [3.63, 3.8) is 0 Å². The molecule has 1 atom stereocenters. The fourth-order valence-corrected chi connectivity index (χ4v) is 5.64. The molecule has 10 heteroatoms. The molecule has 37 heavy (non-hydrogen) atoms. The third kappa shape index (κ3) is 6.83. The van der Waals surface area contributed by atoms with E-state index in [1.165, 1.54) is 17.0 Å². The molecular weight excluding hydrogens is 533 g/mol. The van der Waals surface area contributed by atoms with Crippen LogP contribution in [0.15, 0.2) is 77.7 Å². The van der Waals surface area contributed by atoms with Gasteiger partial charge in [0.25, 0.3) is 10.0 Å². The summed E-state index contributed by atoms with van der Waals surface area (Å²) in [6.45, 7) is 5.06. The number of carbonyl (C=O) groups excluding carboxylic acids is 2. The summed E-state index contributed by atoms with van der Waals surface area (Å²) in [6, 6.07) is 18.9. The van der Waals surface area contributed by atoms with Gasteiger partial charge >= 0.3 is 0 Å². The summed E-state index contributed by atoms with van der Waals surface area (Å²) in [6.07, 6.45) is 0. The summed E-state index contributed by atoms with van der Waals surface area (Å²) >= 11 is 12.2. The van der Waals surface area contributed by atoms with Gasteiger partial charge in [-0.25, -0.2) is 8.42 Å². The number of sulfonamides is 1. The summed E-state index contributed by atoms with van der Waals surface area (Å²) in [7, 11) is -4.10. The molecule has 0 heterocycles. The molecule has 0 aliphatic carbocycles. The van der Waals surface area contributed by atoms with Crippen molar-refractivity contribution in [3.05, 3.63) is 94.0 Å². The number of aryl methyl sites for hydroxylation is 1. The van der Waals surface area contributed by atoms with Crippen molar-refractivity contribution in [1.29, 1.82) is 0 Å². The molecule has 0 saturated carbocycles. The number of nitrogens with one attached hydrogen (secondary N) is 1. The van der Waals surface area contributed by atoms with E-state index in [9.17, 15) is 18.0 Å². The first kappa shape index (κ1) is 28.5. The number of rotatable bonds is 10. The van der Waals surface area contributed by atoms with E-state index in [-0.39, 0.29) is 17.3 Å². The maximum Gasteiger partial charge on any atom is 0.264 e. The van der Waals surface area contributed by atoms with E-state index in [0.29, 0.717) is 33.4 Å². The fourth-order valence-electron chi connectivity index (χ4n) is 3.82. The van der Waals surface area contributed by atoms with Gasteiger partial charge in [0.1, 0.15) is 12.6 Å². The first-order chi connectivity index (χ1) is 17.6. The lowest BCUT2D eigenvalue weighted by Gasteiger charge is -2.32. The molecule has 0 unspecified atom stereocenters. The van der Waals surface area contributed by atoms with Gasteiger partial charge in [-0.2, -0.15) is 0 Å². The van der Waals surface area contributed by atoms with Crippen LogP contribution in [0.25, 0.3) is 0 Å². The molecule has 0 aromatic heterocycles. The van der Waals surface area contributed by atoms with E-state index in [1.54, 1.807) is 81.4 Å². The number of para-hydroxylation sites is 1. The molecule has 7 nitrogen and oxygen atoms in total. The van der Waals surface area contributed by atoms with Crippen LogP contribution < -0.4 is 9.62 Å². The first-order valence-corrected chi connectivity index (χ1v) is 13.9. The maximum absolute atomic E-state index is 13.8. The predicted molar refractivity (Wildman–Crippen MR) is 147 cm³/mol. The van der Waals surface area contributed by atoms with Crippen molar-refractivity contribution in [1.82, 2.24) is 10.2 Å². The zero-order chi connectivity index (χ0) is 27.2. The van der Waals surface area contributed by atoms with Gasteiger partial charge < -0.3 is 10.2 Å². The van der Waals surface area contributed by atoms with Gasteiger partial charge in [0.15, 0.2) is 0 Å². The molecule has 196 valence electrons. The number of amides is 2. The molecule has 0 bridgehead atoms. The van der Waals surface area contributed by atoms with Crippen LogP contribution in [0.4, 0.5) is 5.69 Å². The zero-order valence-corrected chi connectivity index (χ0v) is 23.1. The van der Waals surface area contributed by atoms with Crippen LogP contribution in [0.5, 0.6) is 0 Å². The highest BCUT2D eigenvalue weighted by molar-refractivity contribution is 7.92. The van der Waals surface area contributed by atoms with E-state index < -0.39 is 28.5 Å². The lowest BCUT2D eigenvalue weighted by atomic mass is 10.1. The second-order valence-corrected chi connectivity index (χ2v) is 11.1. The Morgan fingerprint density at radius 3 is 2.22 bits per heavy atom. The number of benzene rings is 3. The fraction of sp³-hybridized carbons (Fsp3) is 0.259. The Bertz CT molecular complexity index is 1370. The summed E-state index contributed by atoms with van der Waals surface area (Å²) < 4.78 is 28.6. The van der Waals surface area contributed by atoms with Crippen molar-refractivity contribution in [2.75, 3.05) is 17.4 Å². The smallest absolute Gasteiger partial charge is 0.264 e. The summed E-state index contributed by atoms with van der Waals surface area (Å²) in [4.78, 5) is 27.9. The molecular formula is C27H29Cl2N3O4S. The van der Waals surface area contributed by atoms with Gasteiger partial charge in [-0.05, 0) is 62.2 Å². The van der Waals surface area contributed by atoms with Gasteiger partial charge in [0, 0.05) is 13.1 Å². The SMILES string of the molecule is CCNC(=O)[C@H](C)N(Cc1ccc(Cl)c(Cl)c1)C(=O)CN(c1ccccc1C)S(=O)(=O)c1ccccc1. The summed E-state index contributed by atoms with van der Waals surface area (Å²) in [5.41, 5.74) is 1.70. The minimum atomic E-state index is -4.10. The van der Waals surface area contributed by atoms with Crippen LogP contribution in [-0.2, 0) is 26.2 Å². The zero-order valence-electron chi connectivity index (χ0n) is 20.8. The highest BCUT2D eigenvalue weighted by Crippen LogP contribution is 2.28. The van der Waals surface area contributed by atoms with Gasteiger partial charge in [-0.15, -0.1) is 0 Å². The number of halogens is 2. The van der Waals surface area contributed by atoms with Gasteiger partial charge in [-0.3, -0.25) is 13.9 Å². The highest BCUT2D eigenvalue weighted by Gasteiger charge is 2.33. The Hall–Kier alpha value is -3.07. The molecule has 0 aliphatic heterocycles. The second-order valence-electron chi connectivity index (χ2n) is 8.45. The van der Waals surface area contributed by atoms with Crippen LogP contribution in [-0.4, -0.2) is 44.3 Å². The topological polar surface area (TPSA) is 86.8 Å². The summed E-state index contributed by atoms with van der Waals surface area (Å²) in [5, 5.41) is 3.40. The average molecular weight is 563 g/mol. The minimum absolute atomic E-state index is 0.0288.